The van der Waals surface area contributed by atoms with Gasteiger partial charge in [0.2, 0.25) is 0 Å². The maximum absolute atomic E-state index is 5.42. The second-order valence-electron chi connectivity index (χ2n) is 5.11. The number of hydrogen-bond acceptors (Lipinski definition) is 5. The third kappa shape index (κ3) is 2.58. The van der Waals surface area contributed by atoms with Crippen LogP contribution in [0.1, 0.15) is 29.8 Å². The largest absolute Gasteiger partial charge is 0.340 e. The van der Waals surface area contributed by atoms with Gasteiger partial charge in [0.05, 0.1) is 0 Å². The Labute approximate surface area is 118 Å². The van der Waals surface area contributed by atoms with Crippen molar-refractivity contribution in [1.82, 2.24) is 9.97 Å². The van der Waals surface area contributed by atoms with Crippen LogP contribution in [0.2, 0.25) is 0 Å². The van der Waals surface area contributed by atoms with E-state index in [1.165, 1.54) is 30.4 Å². The molecule has 0 aliphatic heterocycles. The van der Waals surface area contributed by atoms with Gasteiger partial charge >= 0.3 is 0 Å². The van der Waals surface area contributed by atoms with Crippen molar-refractivity contribution in [3.63, 3.8) is 0 Å². The van der Waals surface area contributed by atoms with E-state index >= 15 is 0 Å². The number of fused-ring (bicyclic) bond motifs is 1. The number of rotatable bonds is 3. The molecule has 0 fully saturated rings. The highest BCUT2D eigenvalue weighted by atomic mass is 15.3. The number of nitrogens with one attached hydrogen (secondary N) is 2. The maximum atomic E-state index is 5.42. The minimum Gasteiger partial charge on any atom is -0.340 e. The average molecular weight is 269 g/mol. The Bertz CT molecular complexity index is 624. The second kappa shape index (κ2) is 5.46. The lowest BCUT2D eigenvalue weighted by Gasteiger charge is -2.20. The van der Waals surface area contributed by atoms with E-state index in [9.17, 15) is 0 Å². The molecule has 0 radical (unpaired) electrons. The number of benzene rings is 1. The lowest BCUT2D eigenvalue weighted by Crippen LogP contribution is -2.11. The first-order valence-corrected chi connectivity index (χ1v) is 6.96. The molecule has 1 aliphatic rings. The lowest BCUT2D eigenvalue weighted by atomic mass is 9.90. The molecule has 0 saturated carbocycles. The molecule has 4 N–H and O–H groups in total. The molecule has 0 saturated heterocycles. The predicted octanol–water partition coefficient (Wildman–Crippen LogP) is 2.69. The van der Waals surface area contributed by atoms with E-state index in [1.54, 1.807) is 0 Å². The summed E-state index contributed by atoms with van der Waals surface area (Å²) in [6.45, 7) is 1.85. The van der Waals surface area contributed by atoms with Crippen LogP contribution < -0.4 is 16.6 Å². The van der Waals surface area contributed by atoms with Crippen molar-refractivity contribution in [2.24, 2.45) is 5.84 Å². The zero-order valence-electron chi connectivity index (χ0n) is 11.6. The van der Waals surface area contributed by atoms with Crippen LogP contribution in [0.4, 0.5) is 17.3 Å². The van der Waals surface area contributed by atoms with Crippen molar-refractivity contribution in [3.8, 4) is 0 Å². The highest BCUT2D eigenvalue weighted by Gasteiger charge is 2.13. The first-order chi connectivity index (χ1) is 9.76. The van der Waals surface area contributed by atoms with Crippen LogP contribution >= 0.6 is 0 Å². The summed E-state index contributed by atoms with van der Waals surface area (Å²) < 4.78 is 0. The summed E-state index contributed by atoms with van der Waals surface area (Å²) in [7, 11) is 0. The number of nitrogens with zero attached hydrogens (tertiary/aromatic N) is 2. The Kier molecular flexibility index (Phi) is 3.52. The van der Waals surface area contributed by atoms with Crippen molar-refractivity contribution in [1.29, 1.82) is 0 Å². The highest BCUT2D eigenvalue weighted by Crippen LogP contribution is 2.29. The Morgan fingerprint density at radius 1 is 1.10 bits per heavy atom. The van der Waals surface area contributed by atoms with E-state index in [0.717, 1.165) is 17.9 Å². The SMILES string of the molecule is Cc1nc(NN)cc(Nc2cccc3c2CCCC3)n1. The van der Waals surface area contributed by atoms with Crippen LogP contribution in [0.15, 0.2) is 24.3 Å². The molecule has 2 aromatic rings. The summed E-state index contributed by atoms with van der Waals surface area (Å²) >= 11 is 0. The van der Waals surface area contributed by atoms with E-state index in [1.807, 2.05) is 13.0 Å². The monoisotopic (exact) mass is 269 g/mol. The Morgan fingerprint density at radius 3 is 2.75 bits per heavy atom. The number of nitrogen functional groups attached to an aromatic ring is 1. The highest BCUT2D eigenvalue weighted by molar-refractivity contribution is 5.64. The molecule has 104 valence electrons. The van der Waals surface area contributed by atoms with Crippen LogP contribution in [0, 0.1) is 6.92 Å². The van der Waals surface area contributed by atoms with Crippen LogP contribution in [0.5, 0.6) is 0 Å². The van der Waals surface area contributed by atoms with Crippen molar-refractivity contribution in [3.05, 3.63) is 41.2 Å². The zero-order chi connectivity index (χ0) is 13.9. The fourth-order valence-corrected chi connectivity index (χ4v) is 2.74. The van der Waals surface area contributed by atoms with Gasteiger partial charge in [-0.3, -0.25) is 0 Å². The smallest absolute Gasteiger partial charge is 0.145 e. The molecule has 20 heavy (non-hydrogen) atoms. The fourth-order valence-electron chi connectivity index (χ4n) is 2.74. The van der Waals surface area contributed by atoms with E-state index in [-0.39, 0.29) is 0 Å². The van der Waals surface area contributed by atoms with Gasteiger partial charge in [-0.25, -0.2) is 15.8 Å². The van der Waals surface area contributed by atoms with Crippen LogP contribution in [0.3, 0.4) is 0 Å². The van der Waals surface area contributed by atoms with Crippen LogP contribution in [-0.4, -0.2) is 9.97 Å². The van der Waals surface area contributed by atoms with Gasteiger partial charge in [0.1, 0.15) is 17.5 Å². The third-order valence-electron chi connectivity index (χ3n) is 3.64. The summed E-state index contributed by atoms with van der Waals surface area (Å²) in [6, 6.07) is 8.24. The van der Waals surface area contributed by atoms with E-state index in [0.29, 0.717) is 11.6 Å². The minimum atomic E-state index is 0.616. The number of nitrogens with two attached hydrogens (primary N) is 1. The average Bonchev–Trinajstić information content (AvgIpc) is 2.47. The molecular weight excluding hydrogens is 250 g/mol. The maximum Gasteiger partial charge on any atom is 0.145 e. The van der Waals surface area contributed by atoms with Gasteiger partial charge in [-0.15, -0.1) is 0 Å². The predicted molar refractivity (Wildman–Crippen MR) is 80.9 cm³/mol. The molecule has 1 aromatic heterocycles. The standard InChI is InChI=1S/C15H19N5/c1-10-17-14(9-15(18-10)20-16)19-13-8-4-6-11-5-2-3-7-12(11)13/h4,6,8-9H,2-3,5,7,16H2,1H3,(H2,17,18,19,20). The topological polar surface area (TPSA) is 75.9 Å². The number of hydrazine groups is 1. The van der Waals surface area contributed by atoms with Crippen molar-refractivity contribution >= 4 is 17.3 Å². The summed E-state index contributed by atoms with van der Waals surface area (Å²) in [4.78, 5) is 8.60. The van der Waals surface area contributed by atoms with Crippen molar-refractivity contribution in [2.75, 3.05) is 10.7 Å². The van der Waals surface area contributed by atoms with Crippen LogP contribution in [0.25, 0.3) is 0 Å². The van der Waals surface area contributed by atoms with Crippen molar-refractivity contribution in [2.45, 2.75) is 32.6 Å². The fraction of sp³-hybridized carbons (Fsp3) is 0.333. The van der Waals surface area contributed by atoms with Gasteiger partial charge < -0.3 is 10.7 Å². The molecule has 0 atom stereocenters. The molecule has 0 spiro atoms. The van der Waals surface area contributed by atoms with E-state index < -0.39 is 0 Å². The molecule has 5 nitrogen and oxygen atoms in total. The Morgan fingerprint density at radius 2 is 1.90 bits per heavy atom. The number of aromatic nitrogens is 2. The molecule has 1 aliphatic carbocycles. The van der Waals surface area contributed by atoms with E-state index in [4.69, 9.17) is 5.84 Å². The molecule has 0 amide bonds. The molecular formula is C15H19N5. The quantitative estimate of drug-likeness (QED) is 0.590. The minimum absolute atomic E-state index is 0.616. The van der Waals surface area contributed by atoms with Gasteiger partial charge in [0.15, 0.2) is 0 Å². The molecule has 5 heteroatoms. The van der Waals surface area contributed by atoms with Crippen LogP contribution in [-0.2, 0) is 12.8 Å². The first-order valence-electron chi connectivity index (χ1n) is 6.96. The molecule has 1 heterocycles. The third-order valence-corrected chi connectivity index (χ3v) is 3.64. The van der Waals surface area contributed by atoms with Gasteiger partial charge in [0, 0.05) is 11.8 Å². The Hall–Kier alpha value is -2.14. The number of hydrogen-bond donors (Lipinski definition) is 3. The summed E-state index contributed by atoms with van der Waals surface area (Å²) in [6.07, 6.45) is 4.84. The first kappa shape index (κ1) is 12.9. The second-order valence-corrected chi connectivity index (χ2v) is 5.11. The molecule has 0 unspecified atom stereocenters. The van der Waals surface area contributed by atoms with Gasteiger partial charge in [-0.05, 0) is 49.8 Å². The summed E-state index contributed by atoms with van der Waals surface area (Å²) in [5.41, 5.74) is 6.57. The molecule has 0 bridgehead atoms. The summed E-state index contributed by atoms with van der Waals surface area (Å²) in [5.74, 6) is 7.50. The normalized spacial score (nSPS) is 13.7. The van der Waals surface area contributed by atoms with Gasteiger partial charge in [0.25, 0.3) is 0 Å². The van der Waals surface area contributed by atoms with Crippen molar-refractivity contribution < 1.29 is 0 Å². The molecule has 1 aromatic carbocycles. The van der Waals surface area contributed by atoms with Gasteiger partial charge in [-0.2, -0.15) is 0 Å². The van der Waals surface area contributed by atoms with Gasteiger partial charge in [-0.1, -0.05) is 12.1 Å². The van der Waals surface area contributed by atoms with E-state index in [2.05, 4.69) is 38.9 Å². The Balaban J connectivity index is 1.93. The number of aryl methyl sites for hydroxylation is 2. The summed E-state index contributed by atoms with van der Waals surface area (Å²) in [5, 5.41) is 3.40. The number of anilines is 3. The zero-order valence-corrected chi connectivity index (χ0v) is 11.6. The lowest BCUT2D eigenvalue weighted by molar-refractivity contribution is 0.687. The molecule has 3 rings (SSSR count).